The maximum absolute atomic E-state index is 14.1. The van der Waals surface area contributed by atoms with Gasteiger partial charge in [-0.1, -0.05) is 103 Å². The van der Waals surface area contributed by atoms with Gasteiger partial charge in [-0.15, -0.1) is 0 Å². The zero-order chi connectivity index (χ0) is 30.0. The number of hydrogen-bond donors (Lipinski definition) is 3. The smallest absolute Gasteiger partial charge is 0.244 e. The number of para-hydroxylation sites is 1. The molecule has 0 aromatic heterocycles. The highest BCUT2D eigenvalue weighted by molar-refractivity contribution is 6.30. The van der Waals surface area contributed by atoms with Gasteiger partial charge in [0.15, 0.2) is 0 Å². The Labute approximate surface area is 258 Å². The molecule has 1 saturated heterocycles. The lowest BCUT2D eigenvalue weighted by Crippen LogP contribution is -2.50. The molecule has 0 aliphatic carbocycles. The fraction of sp³-hybridized carbons (Fsp3) is 0.222. The van der Waals surface area contributed by atoms with Crippen molar-refractivity contribution < 1.29 is 9.59 Å². The lowest BCUT2D eigenvalue weighted by molar-refractivity contribution is -0.132. The molecule has 5 rings (SSSR count). The fourth-order valence-corrected chi connectivity index (χ4v) is 5.66. The molecule has 220 valence electrons. The molecule has 1 heterocycles. The second kappa shape index (κ2) is 14.7. The monoisotopic (exact) mass is 592 g/mol. The molecule has 4 N–H and O–H groups in total. The third kappa shape index (κ3) is 8.34. The molecular formula is C36H37ClN4O2. The Balaban J connectivity index is 1.33. The third-order valence-electron chi connectivity index (χ3n) is 7.90. The number of amides is 2. The highest BCUT2D eigenvalue weighted by Crippen LogP contribution is 2.27. The van der Waals surface area contributed by atoms with Gasteiger partial charge in [0.1, 0.15) is 0 Å². The molecule has 0 unspecified atom stereocenters. The molecule has 1 aliphatic heterocycles. The summed E-state index contributed by atoms with van der Waals surface area (Å²) in [7, 11) is 0. The summed E-state index contributed by atoms with van der Waals surface area (Å²) in [6.07, 6.45) is 4.43. The molecule has 1 fully saturated rings. The first-order chi connectivity index (χ1) is 21.0. The quantitative estimate of drug-likeness (QED) is 0.163. The van der Waals surface area contributed by atoms with Crippen molar-refractivity contribution in [2.24, 2.45) is 0 Å². The van der Waals surface area contributed by atoms with E-state index in [0.29, 0.717) is 43.2 Å². The van der Waals surface area contributed by atoms with Crippen LogP contribution in [-0.2, 0) is 16.0 Å². The van der Waals surface area contributed by atoms with Crippen LogP contribution in [0.15, 0.2) is 115 Å². The number of anilines is 1. The van der Waals surface area contributed by atoms with Crippen LogP contribution < -0.4 is 16.4 Å². The van der Waals surface area contributed by atoms with E-state index < -0.39 is 6.04 Å². The maximum Gasteiger partial charge on any atom is 0.244 e. The van der Waals surface area contributed by atoms with Crippen LogP contribution in [0.1, 0.15) is 34.6 Å². The number of carbonyl (C=O) groups excluding carboxylic acids is 2. The van der Waals surface area contributed by atoms with Crippen LogP contribution in [0.4, 0.5) is 5.69 Å². The van der Waals surface area contributed by atoms with Gasteiger partial charge in [0.05, 0.1) is 6.04 Å². The Bertz CT molecular complexity index is 1490. The van der Waals surface area contributed by atoms with Crippen molar-refractivity contribution >= 4 is 35.2 Å². The van der Waals surface area contributed by atoms with Crippen LogP contribution in [0, 0.1) is 0 Å². The summed E-state index contributed by atoms with van der Waals surface area (Å²) in [5.74, 6) is -0.124. The standard InChI is InChI=1S/C36H37ClN4O2/c37-30-18-15-26(16-19-30)17-20-35(42)39-24-31-21-22-41(36(43)34(40-31)23-29-13-7-8-14-33(29)38)25-32(27-9-3-1-4-10-27)28-11-5-2-6-12-28/h1-20,31-32,34,40H,21-25,38H2,(H,39,42)/b20-17+/t31-,34-/m0/s1. The van der Waals surface area contributed by atoms with Gasteiger partial charge < -0.3 is 21.3 Å². The molecule has 0 bridgehead atoms. The van der Waals surface area contributed by atoms with E-state index >= 15 is 0 Å². The minimum atomic E-state index is -0.481. The van der Waals surface area contributed by atoms with Crippen molar-refractivity contribution in [1.29, 1.82) is 0 Å². The van der Waals surface area contributed by atoms with Gasteiger partial charge in [-0.25, -0.2) is 0 Å². The second-order valence-electron chi connectivity index (χ2n) is 10.9. The first-order valence-corrected chi connectivity index (χ1v) is 15.0. The van der Waals surface area contributed by atoms with E-state index in [2.05, 4.69) is 34.9 Å². The van der Waals surface area contributed by atoms with Crippen LogP contribution in [0.5, 0.6) is 0 Å². The summed E-state index contributed by atoms with van der Waals surface area (Å²) >= 11 is 5.96. The van der Waals surface area contributed by atoms with Crippen LogP contribution in [0.2, 0.25) is 5.02 Å². The normalized spacial score (nSPS) is 17.3. The number of nitrogen functional groups attached to an aromatic ring is 1. The van der Waals surface area contributed by atoms with E-state index in [9.17, 15) is 9.59 Å². The summed E-state index contributed by atoms with van der Waals surface area (Å²) in [4.78, 5) is 28.8. The topological polar surface area (TPSA) is 87.5 Å². The molecule has 6 nitrogen and oxygen atoms in total. The van der Waals surface area contributed by atoms with Crippen molar-refractivity contribution in [3.8, 4) is 0 Å². The minimum Gasteiger partial charge on any atom is -0.399 e. The van der Waals surface area contributed by atoms with Crippen LogP contribution in [0.25, 0.3) is 6.08 Å². The fourth-order valence-electron chi connectivity index (χ4n) is 5.53. The predicted molar refractivity (Wildman–Crippen MR) is 175 cm³/mol. The number of hydrogen-bond acceptors (Lipinski definition) is 4. The van der Waals surface area contributed by atoms with Crippen molar-refractivity contribution in [1.82, 2.24) is 15.5 Å². The van der Waals surface area contributed by atoms with Crippen molar-refractivity contribution in [3.63, 3.8) is 0 Å². The van der Waals surface area contributed by atoms with Gasteiger partial charge in [-0.2, -0.15) is 0 Å². The second-order valence-corrected chi connectivity index (χ2v) is 11.3. The predicted octanol–water partition coefficient (Wildman–Crippen LogP) is 5.69. The SMILES string of the molecule is Nc1ccccc1C[C@@H]1N[C@H](CNC(=O)/C=C/c2ccc(Cl)cc2)CCN(CC(c2ccccc2)c2ccccc2)C1=O. The van der Waals surface area contributed by atoms with Crippen molar-refractivity contribution in [3.05, 3.63) is 143 Å². The van der Waals surface area contributed by atoms with Gasteiger partial charge in [0.2, 0.25) is 11.8 Å². The summed E-state index contributed by atoms with van der Waals surface area (Å²) in [5, 5.41) is 7.22. The van der Waals surface area contributed by atoms with E-state index in [0.717, 1.165) is 11.1 Å². The van der Waals surface area contributed by atoms with E-state index in [-0.39, 0.29) is 23.8 Å². The number of nitrogens with one attached hydrogen (secondary N) is 2. The van der Waals surface area contributed by atoms with Crippen LogP contribution >= 0.6 is 11.6 Å². The van der Waals surface area contributed by atoms with Crippen LogP contribution in [-0.4, -0.2) is 48.4 Å². The lowest BCUT2D eigenvalue weighted by Gasteiger charge is -2.29. The number of carbonyl (C=O) groups is 2. The lowest BCUT2D eigenvalue weighted by atomic mass is 9.90. The summed E-state index contributed by atoms with van der Waals surface area (Å²) in [6, 6.07) is 35.0. The number of nitrogens with zero attached hydrogens (tertiary/aromatic N) is 1. The average Bonchev–Trinajstić information content (AvgIpc) is 3.18. The highest BCUT2D eigenvalue weighted by atomic mass is 35.5. The van der Waals surface area contributed by atoms with Gasteiger partial charge in [-0.05, 0) is 59.4 Å². The highest BCUT2D eigenvalue weighted by Gasteiger charge is 2.33. The van der Waals surface area contributed by atoms with Crippen LogP contribution in [0.3, 0.4) is 0 Å². The molecule has 2 amide bonds. The van der Waals surface area contributed by atoms with E-state index in [1.807, 2.05) is 77.7 Å². The van der Waals surface area contributed by atoms with E-state index in [4.69, 9.17) is 17.3 Å². The molecular weight excluding hydrogens is 556 g/mol. The molecule has 1 aliphatic rings. The molecule has 0 spiro atoms. The zero-order valence-electron chi connectivity index (χ0n) is 24.0. The maximum atomic E-state index is 14.1. The zero-order valence-corrected chi connectivity index (χ0v) is 24.8. The molecule has 4 aromatic rings. The number of benzene rings is 4. The molecule has 2 atom stereocenters. The Kier molecular flexibility index (Phi) is 10.3. The minimum absolute atomic E-state index is 0.0306. The molecule has 0 saturated carbocycles. The van der Waals surface area contributed by atoms with Crippen molar-refractivity contribution in [2.75, 3.05) is 25.4 Å². The first-order valence-electron chi connectivity index (χ1n) is 14.7. The Morgan fingerprint density at radius 3 is 2.21 bits per heavy atom. The third-order valence-corrected chi connectivity index (χ3v) is 8.15. The molecule has 4 aromatic carbocycles. The molecule has 43 heavy (non-hydrogen) atoms. The van der Waals surface area contributed by atoms with Gasteiger partial charge in [0, 0.05) is 48.4 Å². The van der Waals surface area contributed by atoms with Gasteiger partial charge >= 0.3 is 0 Å². The summed E-state index contributed by atoms with van der Waals surface area (Å²) in [6.45, 7) is 1.52. The largest absolute Gasteiger partial charge is 0.399 e. The Hall–Kier alpha value is -4.39. The number of halogens is 1. The summed E-state index contributed by atoms with van der Waals surface area (Å²) in [5.41, 5.74) is 11.1. The summed E-state index contributed by atoms with van der Waals surface area (Å²) < 4.78 is 0. The average molecular weight is 593 g/mol. The molecule has 7 heteroatoms. The van der Waals surface area contributed by atoms with Gasteiger partial charge in [-0.3, -0.25) is 9.59 Å². The first kappa shape index (κ1) is 30.1. The van der Waals surface area contributed by atoms with Gasteiger partial charge in [0.25, 0.3) is 0 Å². The number of nitrogens with two attached hydrogens (primary N) is 1. The van der Waals surface area contributed by atoms with E-state index in [1.165, 1.54) is 17.2 Å². The Morgan fingerprint density at radius 2 is 1.56 bits per heavy atom. The number of rotatable bonds is 10. The van der Waals surface area contributed by atoms with E-state index in [1.54, 1.807) is 18.2 Å². The Morgan fingerprint density at radius 1 is 0.930 bits per heavy atom. The molecule has 0 radical (unpaired) electrons. The van der Waals surface area contributed by atoms with Crippen molar-refractivity contribution in [2.45, 2.75) is 30.8 Å².